The van der Waals surface area contributed by atoms with Crippen molar-refractivity contribution in [3.8, 4) is 0 Å². The largest absolute Gasteiger partial charge is 0.480 e. The van der Waals surface area contributed by atoms with E-state index in [1.54, 1.807) is 0 Å². The highest BCUT2D eigenvalue weighted by Crippen LogP contribution is 2.13. The Balaban J connectivity index is 2.66. The van der Waals surface area contributed by atoms with Crippen molar-refractivity contribution >= 4 is 16.2 Å². The highest BCUT2D eigenvalue weighted by molar-refractivity contribution is 7.87. The minimum absolute atomic E-state index is 0.332. The molecule has 1 aliphatic rings. The van der Waals surface area contributed by atoms with Crippen molar-refractivity contribution in [1.29, 1.82) is 0 Å². The molecule has 1 aliphatic heterocycles. The third-order valence-electron chi connectivity index (χ3n) is 3.34. The molecule has 19 heavy (non-hydrogen) atoms. The first-order chi connectivity index (χ1) is 8.97. The molecule has 7 heteroatoms. The van der Waals surface area contributed by atoms with Crippen LogP contribution < -0.4 is 4.72 Å². The number of carbonyl (C=O) groups is 1. The van der Waals surface area contributed by atoms with Crippen molar-refractivity contribution in [2.45, 2.75) is 57.9 Å². The van der Waals surface area contributed by atoms with E-state index in [1.807, 2.05) is 6.92 Å². The molecule has 112 valence electrons. The van der Waals surface area contributed by atoms with E-state index in [0.29, 0.717) is 25.9 Å². The molecule has 1 atom stereocenters. The summed E-state index contributed by atoms with van der Waals surface area (Å²) in [5, 5.41) is 9.07. The van der Waals surface area contributed by atoms with Gasteiger partial charge in [0, 0.05) is 13.1 Å². The molecule has 1 heterocycles. The highest BCUT2D eigenvalue weighted by atomic mass is 32.2. The van der Waals surface area contributed by atoms with Gasteiger partial charge in [-0.2, -0.15) is 17.4 Å². The lowest BCUT2D eigenvalue weighted by molar-refractivity contribution is -0.139. The summed E-state index contributed by atoms with van der Waals surface area (Å²) in [7, 11) is -3.68. The maximum Gasteiger partial charge on any atom is 0.321 e. The van der Waals surface area contributed by atoms with Gasteiger partial charge >= 0.3 is 5.97 Å². The fraction of sp³-hybridized carbons (Fsp3) is 0.917. The summed E-state index contributed by atoms with van der Waals surface area (Å²) in [5.74, 6) is -1.10. The summed E-state index contributed by atoms with van der Waals surface area (Å²) >= 11 is 0. The molecule has 1 fully saturated rings. The van der Waals surface area contributed by atoms with Crippen LogP contribution in [0.3, 0.4) is 0 Å². The van der Waals surface area contributed by atoms with E-state index in [0.717, 1.165) is 32.1 Å². The lowest BCUT2D eigenvalue weighted by atomic mass is 10.1. The second kappa shape index (κ2) is 7.81. The molecular formula is C12H24N2O4S. The van der Waals surface area contributed by atoms with Crippen LogP contribution in [0.25, 0.3) is 0 Å². The zero-order valence-electron chi connectivity index (χ0n) is 11.5. The first kappa shape index (κ1) is 16.4. The molecule has 2 N–H and O–H groups in total. The third-order valence-corrected chi connectivity index (χ3v) is 4.97. The van der Waals surface area contributed by atoms with Gasteiger partial charge in [-0.05, 0) is 19.3 Å². The van der Waals surface area contributed by atoms with Gasteiger partial charge in [-0.15, -0.1) is 0 Å². The fourth-order valence-electron chi connectivity index (χ4n) is 2.18. The monoisotopic (exact) mass is 292 g/mol. The van der Waals surface area contributed by atoms with Gasteiger partial charge < -0.3 is 5.11 Å². The topological polar surface area (TPSA) is 86.7 Å². The predicted molar refractivity (Wildman–Crippen MR) is 73.0 cm³/mol. The molecule has 0 aliphatic carbocycles. The van der Waals surface area contributed by atoms with Crippen LogP contribution in [0.2, 0.25) is 0 Å². The lowest BCUT2D eigenvalue weighted by Gasteiger charge is -2.23. The van der Waals surface area contributed by atoms with Gasteiger partial charge in [0.2, 0.25) is 0 Å². The van der Waals surface area contributed by atoms with E-state index in [4.69, 9.17) is 5.11 Å². The number of hydrogen-bond donors (Lipinski definition) is 2. The Kier molecular flexibility index (Phi) is 6.74. The summed E-state index contributed by atoms with van der Waals surface area (Å²) in [4.78, 5) is 11.1. The number of carboxylic acids is 1. The predicted octanol–water partition coefficient (Wildman–Crippen LogP) is 1.34. The van der Waals surface area contributed by atoms with Crippen LogP contribution in [0, 0.1) is 0 Å². The number of aliphatic carboxylic acids is 1. The van der Waals surface area contributed by atoms with Gasteiger partial charge in [0.05, 0.1) is 0 Å². The molecule has 0 amide bonds. The van der Waals surface area contributed by atoms with Crippen LogP contribution in [-0.2, 0) is 15.0 Å². The average Bonchev–Trinajstić information content (AvgIpc) is 2.63. The van der Waals surface area contributed by atoms with E-state index in [-0.39, 0.29) is 0 Å². The number of unbranched alkanes of at least 4 members (excludes halogenated alkanes) is 1. The normalized spacial score (nSPS) is 19.8. The molecular weight excluding hydrogens is 268 g/mol. The SMILES string of the molecule is CCCC[C@H](NS(=O)(=O)N1CCCCCC1)C(=O)O. The number of rotatable bonds is 7. The average molecular weight is 292 g/mol. The van der Waals surface area contributed by atoms with Gasteiger partial charge in [0.15, 0.2) is 0 Å². The Morgan fingerprint density at radius 3 is 2.32 bits per heavy atom. The minimum atomic E-state index is -3.68. The van der Waals surface area contributed by atoms with Crippen molar-refractivity contribution in [2.24, 2.45) is 0 Å². The molecule has 0 saturated carbocycles. The van der Waals surface area contributed by atoms with Crippen LogP contribution >= 0.6 is 0 Å². The Bertz CT molecular complexity index is 375. The van der Waals surface area contributed by atoms with Crippen molar-refractivity contribution in [1.82, 2.24) is 9.03 Å². The van der Waals surface area contributed by atoms with Crippen LogP contribution in [0.5, 0.6) is 0 Å². The molecule has 0 spiro atoms. The standard InChI is InChI=1S/C12H24N2O4S/c1-2-3-8-11(12(15)16)13-19(17,18)14-9-6-4-5-7-10-14/h11,13H,2-10H2,1H3,(H,15,16)/t11-/m0/s1. The van der Waals surface area contributed by atoms with E-state index < -0.39 is 22.2 Å². The third kappa shape index (κ3) is 5.46. The zero-order chi connectivity index (χ0) is 14.3. The van der Waals surface area contributed by atoms with Crippen molar-refractivity contribution in [2.75, 3.05) is 13.1 Å². The Hall–Kier alpha value is -0.660. The fourth-order valence-corrected chi connectivity index (χ4v) is 3.64. The Labute approximate surface area is 115 Å². The maximum atomic E-state index is 12.2. The summed E-state index contributed by atoms with van der Waals surface area (Å²) in [6.45, 7) is 2.91. The molecule has 0 aromatic rings. The molecule has 1 rings (SSSR count). The quantitative estimate of drug-likeness (QED) is 0.741. The minimum Gasteiger partial charge on any atom is -0.480 e. The molecule has 0 radical (unpaired) electrons. The van der Waals surface area contributed by atoms with E-state index in [9.17, 15) is 13.2 Å². The van der Waals surface area contributed by atoms with Crippen LogP contribution in [-0.4, -0.2) is 42.9 Å². The number of nitrogens with zero attached hydrogens (tertiary/aromatic N) is 1. The smallest absolute Gasteiger partial charge is 0.321 e. The first-order valence-electron chi connectivity index (χ1n) is 6.97. The summed E-state index contributed by atoms with van der Waals surface area (Å²) in [6, 6.07) is -1.02. The van der Waals surface area contributed by atoms with Crippen molar-refractivity contribution in [3.63, 3.8) is 0 Å². The van der Waals surface area contributed by atoms with E-state index in [2.05, 4.69) is 4.72 Å². The molecule has 6 nitrogen and oxygen atoms in total. The Morgan fingerprint density at radius 2 is 1.84 bits per heavy atom. The summed E-state index contributed by atoms with van der Waals surface area (Å²) in [5.41, 5.74) is 0. The Morgan fingerprint density at radius 1 is 1.26 bits per heavy atom. The molecule has 0 aromatic carbocycles. The van der Waals surface area contributed by atoms with Gasteiger partial charge in [-0.3, -0.25) is 4.79 Å². The molecule has 0 aromatic heterocycles. The van der Waals surface area contributed by atoms with Crippen LogP contribution in [0.15, 0.2) is 0 Å². The van der Waals surface area contributed by atoms with Gasteiger partial charge in [0.1, 0.15) is 6.04 Å². The van der Waals surface area contributed by atoms with Crippen LogP contribution in [0.4, 0.5) is 0 Å². The maximum absolute atomic E-state index is 12.2. The van der Waals surface area contributed by atoms with Gasteiger partial charge in [-0.1, -0.05) is 32.6 Å². The number of nitrogens with one attached hydrogen (secondary N) is 1. The van der Waals surface area contributed by atoms with Gasteiger partial charge in [-0.25, -0.2) is 0 Å². The molecule has 0 unspecified atom stereocenters. The van der Waals surface area contributed by atoms with E-state index >= 15 is 0 Å². The van der Waals surface area contributed by atoms with Crippen molar-refractivity contribution < 1.29 is 18.3 Å². The number of hydrogen-bond acceptors (Lipinski definition) is 3. The highest BCUT2D eigenvalue weighted by Gasteiger charge is 2.28. The van der Waals surface area contributed by atoms with Crippen LogP contribution in [0.1, 0.15) is 51.9 Å². The zero-order valence-corrected chi connectivity index (χ0v) is 12.3. The van der Waals surface area contributed by atoms with Crippen molar-refractivity contribution in [3.05, 3.63) is 0 Å². The second-order valence-corrected chi connectivity index (χ2v) is 6.67. The van der Waals surface area contributed by atoms with E-state index in [1.165, 1.54) is 4.31 Å². The lowest BCUT2D eigenvalue weighted by Crippen LogP contribution is -2.48. The summed E-state index contributed by atoms with van der Waals surface area (Å²) in [6.07, 6.45) is 5.61. The second-order valence-electron chi connectivity index (χ2n) is 4.97. The summed E-state index contributed by atoms with van der Waals surface area (Å²) < 4.78 is 28.0. The number of carboxylic acid groups (broad SMARTS) is 1. The first-order valence-corrected chi connectivity index (χ1v) is 8.41. The van der Waals surface area contributed by atoms with Gasteiger partial charge in [0.25, 0.3) is 10.2 Å². The molecule has 0 bridgehead atoms. The molecule has 1 saturated heterocycles.